The molecule has 19 heavy (non-hydrogen) atoms. The third kappa shape index (κ3) is 2.48. The zero-order valence-corrected chi connectivity index (χ0v) is 13.9. The van der Waals surface area contributed by atoms with E-state index < -0.39 is 4.32 Å². The van der Waals surface area contributed by atoms with Gasteiger partial charge in [-0.05, 0) is 82.5 Å². The first-order valence-corrected chi connectivity index (χ1v) is 8.58. The smallest absolute Gasteiger partial charge is 0.236 e. The van der Waals surface area contributed by atoms with Crippen molar-refractivity contribution in [1.82, 2.24) is 5.32 Å². The summed E-state index contributed by atoms with van der Waals surface area (Å²) in [5, 5.41) is 3.29. The number of alkyl halides is 1. The highest BCUT2D eigenvalue weighted by atomic mass is 79.9. The van der Waals surface area contributed by atoms with Gasteiger partial charge >= 0.3 is 0 Å². The third-order valence-corrected chi connectivity index (χ3v) is 6.25. The second-order valence-corrected chi connectivity index (χ2v) is 9.93. The van der Waals surface area contributed by atoms with Gasteiger partial charge in [0.2, 0.25) is 5.91 Å². The summed E-state index contributed by atoms with van der Waals surface area (Å²) >= 11 is 3.47. The molecule has 1 amide bonds. The predicted molar refractivity (Wildman–Crippen MR) is 81.2 cm³/mol. The lowest BCUT2D eigenvalue weighted by atomic mass is 9.48. The van der Waals surface area contributed by atoms with Gasteiger partial charge in [0.1, 0.15) is 0 Å². The van der Waals surface area contributed by atoms with Crippen LogP contribution in [0.3, 0.4) is 0 Å². The molecule has 1 atom stereocenters. The lowest BCUT2D eigenvalue weighted by molar-refractivity contribution is -0.127. The molecule has 0 aromatic rings. The number of hydrogen-bond donors (Lipinski definition) is 1. The highest BCUT2D eigenvalue weighted by molar-refractivity contribution is 9.10. The minimum Gasteiger partial charge on any atom is -0.352 e. The average molecular weight is 328 g/mol. The van der Waals surface area contributed by atoms with Crippen molar-refractivity contribution in [2.45, 2.75) is 69.7 Å². The van der Waals surface area contributed by atoms with Gasteiger partial charge in [-0.3, -0.25) is 4.79 Å². The molecule has 1 N–H and O–H groups in total. The maximum atomic E-state index is 12.2. The Kier molecular flexibility index (Phi) is 3.28. The van der Waals surface area contributed by atoms with E-state index in [-0.39, 0.29) is 5.91 Å². The van der Waals surface area contributed by atoms with E-state index in [1.54, 1.807) is 0 Å². The van der Waals surface area contributed by atoms with E-state index in [9.17, 15) is 4.79 Å². The molecule has 4 aliphatic carbocycles. The number of rotatable bonds is 3. The lowest BCUT2D eigenvalue weighted by Crippen LogP contribution is -2.57. The van der Waals surface area contributed by atoms with Crippen LogP contribution in [0.5, 0.6) is 0 Å². The first-order chi connectivity index (χ1) is 8.78. The lowest BCUT2D eigenvalue weighted by Gasteiger charge is -2.59. The van der Waals surface area contributed by atoms with Crippen molar-refractivity contribution in [2.75, 3.05) is 0 Å². The van der Waals surface area contributed by atoms with Crippen LogP contribution < -0.4 is 5.32 Å². The minimum absolute atomic E-state index is 0.135. The zero-order valence-electron chi connectivity index (χ0n) is 12.3. The summed E-state index contributed by atoms with van der Waals surface area (Å²) in [6.45, 7) is 6.09. The van der Waals surface area contributed by atoms with Crippen LogP contribution in [0.4, 0.5) is 0 Å². The van der Waals surface area contributed by atoms with Crippen molar-refractivity contribution in [3.63, 3.8) is 0 Å². The molecule has 108 valence electrons. The van der Waals surface area contributed by atoms with Gasteiger partial charge in [-0.25, -0.2) is 0 Å². The molecule has 0 aliphatic heterocycles. The normalized spacial score (nSPS) is 42.2. The van der Waals surface area contributed by atoms with Gasteiger partial charge in [-0.2, -0.15) is 0 Å². The first-order valence-electron chi connectivity index (χ1n) is 7.78. The molecule has 0 heterocycles. The maximum absolute atomic E-state index is 12.2. The van der Waals surface area contributed by atoms with E-state index in [0.717, 1.165) is 17.8 Å². The Hall–Kier alpha value is -0.0500. The number of carbonyl (C=O) groups excluding carboxylic acids is 1. The Morgan fingerprint density at radius 3 is 1.95 bits per heavy atom. The Morgan fingerprint density at radius 1 is 1.16 bits per heavy atom. The topological polar surface area (TPSA) is 29.1 Å². The van der Waals surface area contributed by atoms with Crippen molar-refractivity contribution in [1.29, 1.82) is 0 Å². The number of amides is 1. The molecule has 4 aliphatic rings. The molecule has 3 heteroatoms. The Morgan fingerprint density at radius 2 is 1.58 bits per heavy atom. The van der Waals surface area contributed by atoms with Crippen LogP contribution >= 0.6 is 15.9 Å². The van der Waals surface area contributed by atoms with Crippen LogP contribution in [0.1, 0.15) is 59.3 Å². The average Bonchev–Trinajstić information content (AvgIpc) is 2.25. The van der Waals surface area contributed by atoms with Gasteiger partial charge < -0.3 is 5.32 Å². The summed E-state index contributed by atoms with van der Waals surface area (Å²) in [6, 6.07) is 0.324. The van der Waals surface area contributed by atoms with Gasteiger partial charge in [0.15, 0.2) is 0 Å². The quantitative estimate of drug-likeness (QED) is 0.783. The van der Waals surface area contributed by atoms with Gasteiger partial charge in [-0.15, -0.1) is 0 Å². The molecular formula is C16H26BrNO. The van der Waals surface area contributed by atoms with E-state index in [4.69, 9.17) is 0 Å². The highest BCUT2D eigenvalue weighted by Crippen LogP contribution is 2.61. The van der Waals surface area contributed by atoms with Gasteiger partial charge in [-0.1, -0.05) is 15.9 Å². The van der Waals surface area contributed by atoms with Gasteiger partial charge in [0.25, 0.3) is 0 Å². The summed E-state index contributed by atoms with van der Waals surface area (Å²) in [6.07, 6.45) is 8.44. The molecule has 4 saturated carbocycles. The standard InChI is InChI=1S/C16H26BrNO/c1-10(18-14(19)15(2,3)17)16-7-11-4-12(8-16)6-13(5-11)9-16/h10-13H,4-9H2,1-3H3,(H,18,19). The number of hydrogen-bond acceptors (Lipinski definition) is 1. The molecule has 0 aromatic carbocycles. The van der Waals surface area contributed by atoms with E-state index >= 15 is 0 Å². The number of halogens is 1. The van der Waals surface area contributed by atoms with Crippen molar-refractivity contribution in [3.8, 4) is 0 Å². The van der Waals surface area contributed by atoms with E-state index in [1.165, 1.54) is 38.5 Å². The van der Waals surface area contributed by atoms with Crippen LogP contribution in [0.2, 0.25) is 0 Å². The molecule has 0 radical (unpaired) electrons. The monoisotopic (exact) mass is 327 g/mol. The number of nitrogens with one attached hydrogen (secondary N) is 1. The van der Waals surface area contributed by atoms with E-state index in [1.807, 2.05) is 13.8 Å². The van der Waals surface area contributed by atoms with E-state index in [2.05, 4.69) is 28.2 Å². The summed E-state index contributed by atoms with van der Waals surface area (Å²) in [7, 11) is 0. The fourth-order valence-corrected chi connectivity index (χ4v) is 5.34. The Bertz CT molecular complexity index is 349. The van der Waals surface area contributed by atoms with Crippen LogP contribution in [0.15, 0.2) is 0 Å². The Labute approximate surface area is 125 Å². The van der Waals surface area contributed by atoms with Crippen LogP contribution in [-0.4, -0.2) is 16.3 Å². The fraction of sp³-hybridized carbons (Fsp3) is 0.938. The highest BCUT2D eigenvalue weighted by Gasteiger charge is 2.53. The molecular weight excluding hydrogens is 302 g/mol. The largest absolute Gasteiger partial charge is 0.352 e. The molecule has 1 unspecified atom stereocenters. The maximum Gasteiger partial charge on any atom is 0.236 e. The summed E-state index contributed by atoms with van der Waals surface area (Å²) in [5.41, 5.74) is 0.405. The van der Waals surface area contributed by atoms with Crippen molar-refractivity contribution in [3.05, 3.63) is 0 Å². The van der Waals surface area contributed by atoms with Crippen LogP contribution in [0, 0.1) is 23.2 Å². The molecule has 0 aromatic heterocycles. The summed E-state index contributed by atoms with van der Waals surface area (Å²) in [5.74, 6) is 2.98. The Balaban J connectivity index is 1.73. The summed E-state index contributed by atoms with van der Waals surface area (Å²) < 4.78 is -0.455. The first kappa shape index (κ1) is 13.9. The molecule has 4 bridgehead atoms. The predicted octanol–water partition coefficient (Wildman–Crippen LogP) is 3.88. The third-order valence-electron chi connectivity index (χ3n) is 5.89. The minimum atomic E-state index is -0.455. The van der Waals surface area contributed by atoms with Crippen LogP contribution in [-0.2, 0) is 4.79 Å². The van der Waals surface area contributed by atoms with Crippen molar-refractivity contribution < 1.29 is 4.79 Å². The van der Waals surface area contributed by atoms with Gasteiger partial charge in [0, 0.05) is 6.04 Å². The SMILES string of the molecule is CC(NC(=O)C(C)(C)Br)C12CC3CC(CC(C3)C1)C2. The fourth-order valence-electron chi connectivity index (χ4n) is 5.23. The van der Waals surface area contributed by atoms with Crippen molar-refractivity contribution in [2.24, 2.45) is 23.2 Å². The van der Waals surface area contributed by atoms with Gasteiger partial charge in [0.05, 0.1) is 4.32 Å². The van der Waals surface area contributed by atoms with Crippen LogP contribution in [0.25, 0.3) is 0 Å². The molecule has 4 fully saturated rings. The molecule has 0 spiro atoms. The molecule has 4 rings (SSSR count). The van der Waals surface area contributed by atoms with E-state index in [0.29, 0.717) is 11.5 Å². The second-order valence-electron chi connectivity index (χ2n) is 7.95. The second kappa shape index (κ2) is 4.47. The molecule has 2 nitrogen and oxygen atoms in total. The zero-order chi connectivity index (χ0) is 13.8. The molecule has 0 saturated heterocycles. The number of carbonyl (C=O) groups is 1. The van der Waals surface area contributed by atoms with Crippen molar-refractivity contribution >= 4 is 21.8 Å². The summed E-state index contributed by atoms with van der Waals surface area (Å²) in [4.78, 5) is 12.2.